The Bertz CT molecular complexity index is 713. The Kier molecular flexibility index (Phi) is 5.57. The molecule has 1 aromatic heterocycles. The average Bonchev–Trinajstić information content (AvgIpc) is 2.95. The molecule has 5 heteroatoms. The number of nitrogens with zero attached hydrogens (tertiary/aromatic N) is 2. The molecule has 0 saturated carbocycles. The lowest BCUT2D eigenvalue weighted by Crippen LogP contribution is -2.55. The molecule has 5 nitrogen and oxygen atoms in total. The summed E-state index contributed by atoms with van der Waals surface area (Å²) in [4.78, 5) is 10.4. The van der Waals surface area contributed by atoms with Crippen LogP contribution in [0.2, 0.25) is 0 Å². The van der Waals surface area contributed by atoms with Crippen molar-refractivity contribution in [3.05, 3.63) is 52.6 Å². The van der Waals surface area contributed by atoms with Crippen molar-refractivity contribution >= 4 is 0 Å². The van der Waals surface area contributed by atoms with Crippen LogP contribution in [0.25, 0.3) is 0 Å². The highest BCUT2D eigenvalue weighted by Gasteiger charge is 2.36. The molecule has 3 rings (SSSR count). The summed E-state index contributed by atoms with van der Waals surface area (Å²) < 4.78 is 6.06. The number of aromatic nitrogens is 2. The third kappa shape index (κ3) is 4.29. The second-order valence-electron chi connectivity index (χ2n) is 7.17. The number of hydrogen-bond donors (Lipinski definition) is 2. The number of aromatic amines is 1. The van der Waals surface area contributed by atoms with Gasteiger partial charge in [-0.1, -0.05) is 36.8 Å². The maximum atomic E-state index is 10.1. The van der Waals surface area contributed by atoms with Gasteiger partial charge in [0.15, 0.2) is 0 Å². The predicted octanol–water partition coefficient (Wildman–Crippen LogP) is 2.39. The van der Waals surface area contributed by atoms with E-state index in [0.29, 0.717) is 13.2 Å². The van der Waals surface area contributed by atoms with Crippen LogP contribution in [0.1, 0.15) is 35.3 Å². The Morgan fingerprint density at radius 2 is 2.20 bits per heavy atom. The highest BCUT2D eigenvalue weighted by molar-refractivity contribution is 5.24. The molecular formula is C20H29N3O2. The molecule has 1 aliphatic heterocycles. The van der Waals surface area contributed by atoms with E-state index < -0.39 is 5.60 Å². The first-order valence-electron chi connectivity index (χ1n) is 9.10. The average molecular weight is 343 g/mol. The molecule has 136 valence electrons. The van der Waals surface area contributed by atoms with Gasteiger partial charge in [-0.3, -0.25) is 4.90 Å². The van der Waals surface area contributed by atoms with Gasteiger partial charge in [-0.05, 0) is 19.4 Å². The lowest BCUT2D eigenvalue weighted by molar-refractivity contribution is -0.134. The molecule has 0 amide bonds. The highest BCUT2D eigenvalue weighted by Crippen LogP contribution is 2.25. The fraction of sp³-hybridized carbons (Fsp3) is 0.550. The molecule has 0 spiro atoms. The van der Waals surface area contributed by atoms with Crippen molar-refractivity contribution in [2.75, 3.05) is 26.3 Å². The third-order valence-electron chi connectivity index (χ3n) is 4.97. The smallest absolute Gasteiger partial charge is 0.108 e. The number of aliphatic hydroxyl groups excluding tert-OH is 1. The molecule has 2 aromatic rings. The van der Waals surface area contributed by atoms with Crippen molar-refractivity contribution in [2.24, 2.45) is 0 Å². The Morgan fingerprint density at radius 1 is 1.36 bits per heavy atom. The van der Waals surface area contributed by atoms with Crippen molar-refractivity contribution in [2.45, 2.75) is 45.8 Å². The standard InChI is InChI=1S/C20H29N3O2/c1-4-19-21-16(3)18(22-19)12-23-8-9-25-20(13-23,14-24)11-17-7-5-6-15(2)10-17/h5-7,10,24H,4,8-9,11-14H2,1-3H3,(H,21,22)/t20-/m0/s1. The molecule has 2 N–H and O–H groups in total. The van der Waals surface area contributed by atoms with Crippen LogP contribution in [-0.4, -0.2) is 51.9 Å². The molecule has 0 aliphatic carbocycles. The Labute approximate surface area is 150 Å². The summed E-state index contributed by atoms with van der Waals surface area (Å²) >= 11 is 0. The minimum Gasteiger partial charge on any atom is -0.393 e. The molecule has 0 bridgehead atoms. The summed E-state index contributed by atoms with van der Waals surface area (Å²) in [7, 11) is 0. The molecule has 25 heavy (non-hydrogen) atoms. The first-order chi connectivity index (χ1) is 12.0. The van der Waals surface area contributed by atoms with Crippen molar-refractivity contribution in [3.8, 4) is 0 Å². The minimum atomic E-state index is -0.538. The van der Waals surface area contributed by atoms with Crippen molar-refractivity contribution in [3.63, 3.8) is 0 Å². The number of benzene rings is 1. The van der Waals surface area contributed by atoms with Gasteiger partial charge in [0.2, 0.25) is 0 Å². The van der Waals surface area contributed by atoms with Crippen LogP contribution in [0.3, 0.4) is 0 Å². The zero-order chi connectivity index (χ0) is 17.9. The molecule has 0 unspecified atom stereocenters. The number of ether oxygens (including phenoxy) is 1. The van der Waals surface area contributed by atoms with E-state index in [0.717, 1.165) is 43.1 Å². The summed E-state index contributed by atoms with van der Waals surface area (Å²) in [5.41, 5.74) is 4.14. The Morgan fingerprint density at radius 3 is 2.88 bits per heavy atom. The van der Waals surface area contributed by atoms with Crippen molar-refractivity contribution in [1.29, 1.82) is 0 Å². The zero-order valence-electron chi connectivity index (χ0n) is 15.5. The van der Waals surface area contributed by atoms with E-state index >= 15 is 0 Å². The van der Waals surface area contributed by atoms with Gasteiger partial charge in [0.25, 0.3) is 0 Å². The van der Waals surface area contributed by atoms with Crippen LogP contribution in [0.15, 0.2) is 24.3 Å². The Hall–Kier alpha value is -1.69. The van der Waals surface area contributed by atoms with Gasteiger partial charge in [-0.15, -0.1) is 0 Å². The second-order valence-corrected chi connectivity index (χ2v) is 7.17. The van der Waals surface area contributed by atoms with E-state index in [9.17, 15) is 5.11 Å². The first kappa shape index (κ1) is 18.1. The summed E-state index contributed by atoms with van der Waals surface area (Å²) in [5.74, 6) is 1.04. The number of H-pyrrole nitrogens is 1. The number of nitrogens with one attached hydrogen (secondary N) is 1. The SMILES string of the molecule is CCc1nc(CN2CCO[C@@](CO)(Cc3cccc(C)c3)C2)c(C)[nH]1. The summed E-state index contributed by atoms with van der Waals surface area (Å²) in [6.45, 7) is 9.31. The van der Waals surface area contributed by atoms with Crippen LogP contribution < -0.4 is 0 Å². The lowest BCUT2D eigenvalue weighted by atomic mass is 9.92. The van der Waals surface area contributed by atoms with E-state index in [-0.39, 0.29) is 6.61 Å². The predicted molar refractivity (Wildman–Crippen MR) is 98.6 cm³/mol. The largest absolute Gasteiger partial charge is 0.393 e. The molecule has 1 fully saturated rings. The van der Waals surface area contributed by atoms with Gasteiger partial charge in [-0.25, -0.2) is 4.98 Å². The summed E-state index contributed by atoms with van der Waals surface area (Å²) in [6, 6.07) is 8.44. The van der Waals surface area contributed by atoms with Gasteiger partial charge in [0.05, 0.1) is 18.9 Å². The van der Waals surface area contributed by atoms with Crippen molar-refractivity contribution < 1.29 is 9.84 Å². The van der Waals surface area contributed by atoms with E-state index in [1.54, 1.807) is 0 Å². The molecule has 1 saturated heterocycles. The monoisotopic (exact) mass is 343 g/mol. The van der Waals surface area contributed by atoms with E-state index in [1.165, 1.54) is 11.1 Å². The summed E-state index contributed by atoms with van der Waals surface area (Å²) in [5, 5.41) is 10.1. The van der Waals surface area contributed by atoms with E-state index in [1.807, 2.05) is 0 Å². The fourth-order valence-electron chi connectivity index (χ4n) is 3.61. The maximum Gasteiger partial charge on any atom is 0.108 e. The normalized spacial score (nSPS) is 21.6. The fourth-order valence-corrected chi connectivity index (χ4v) is 3.61. The van der Waals surface area contributed by atoms with E-state index in [2.05, 4.69) is 54.9 Å². The number of rotatable bonds is 6. The zero-order valence-corrected chi connectivity index (χ0v) is 15.5. The maximum absolute atomic E-state index is 10.1. The van der Waals surface area contributed by atoms with Crippen molar-refractivity contribution in [1.82, 2.24) is 14.9 Å². The molecular weight excluding hydrogens is 314 g/mol. The minimum absolute atomic E-state index is 0.0250. The van der Waals surface area contributed by atoms with Gasteiger partial charge in [0.1, 0.15) is 11.4 Å². The van der Waals surface area contributed by atoms with Crippen LogP contribution in [0.5, 0.6) is 0 Å². The van der Waals surface area contributed by atoms with Gasteiger partial charge in [-0.2, -0.15) is 0 Å². The third-order valence-corrected chi connectivity index (χ3v) is 4.97. The molecule has 0 radical (unpaired) electrons. The number of hydrogen-bond acceptors (Lipinski definition) is 4. The van der Waals surface area contributed by atoms with Gasteiger partial charge in [0, 0.05) is 38.2 Å². The van der Waals surface area contributed by atoms with Gasteiger partial charge < -0.3 is 14.8 Å². The molecule has 1 aliphatic rings. The molecule has 1 aromatic carbocycles. The Balaban J connectivity index is 1.72. The number of morpholine rings is 1. The van der Waals surface area contributed by atoms with Gasteiger partial charge >= 0.3 is 0 Å². The highest BCUT2D eigenvalue weighted by atomic mass is 16.5. The van der Waals surface area contributed by atoms with E-state index in [4.69, 9.17) is 9.72 Å². The second kappa shape index (κ2) is 7.68. The quantitative estimate of drug-likeness (QED) is 0.845. The van der Waals surface area contributed by atoms with Crippen LogP contribution in [-0.2, 0) is 24.1 Å². The molecule has 2 heterocycles. The number of aryl methyl sites for hydroxylation is 3. The van der Waals surface area contributed by atoms with Crippen LogP contribution >= 0.6 is 0 Å². The number of imidazole rings is 1. The molecule has 1 atom stereocenters. The lowest BCUT2D eigenvalue weighted by Gasteiger charge is -2.41. The van der Waals surface area contributed by atoms with Crippen LogP contribution in [0, 0.1) is 13.8 Å². The summed E-state index contributed by atoms with van der Waals surface area (Å²) in [6.07, 6.45) is 1.64. The first-order valence-corrected chi connectivity index (χ1v) is 9.10. The number of aliphatic hydroxyl groups is 1. The van der Waals surface area contributed by atoms with Crippen LogP contribution in [0.4, 0.5) is 0 Å². The topological polar surface area (TPSA) is 61.4 Å².